The first-order valence-corrected chi connectivity index (χ1v) is 12.3. The SMILES string of the molecule is COc1ccc2c(c1)[C@]1(C)[C@H](c3ccccc3)CN(S(=O)(=O)c3ccc(C)cc3)[C@@H]1N2C. The van der Waals surface area contributed by atoms with E-state index in [-0.39, 0.29) is 12.1 Å². The molecule has 32 heavy (non-hydrogen) atoms. The van der Waals surface area contributed by atoms with Gasteiger partial charge in [0.25, 0.3) is 0 Å². The first-order valence-electron chi connectivity index (χ1n) is 10.8. The average molecular weight is 449 g/mol. The van der Waals surface area contributed by atoms with Crippen molar-refractivity contribution in [2.24, 2.45) is 0 Å². The predicted molar refractivity (Wildman–Crippen MR) is 127 cm³/mol. The normalized spacial score (nSPS) is 24.9. The average Bonchev–Trinajstić information content (AvgIpc) is 3.24. The summed E-state index contributed by atoms with van der Waals surface area (Å²) >= 11 is 0. The summed E-state index contributed by atoms with van der Waals surface area (Å²) in [6.45, 7) is 4.58. The number of anilines is 1. The van der Waals surface area contributed by atoms with Crippen LogP contribution in [0.3, 0.4) is 0 Å². The van der Waals surface area contributed by atoms with Gasteiger partial charge in [-0.2, -0.15) is 4.31 Å². The number of aryl methyl sites for hydroxylation is 1. The van der Waals surface area contributed by atoms with Crippen LogP contribution in [0.5, 0.6) is 5.75 Å². The van der Waals surface area contributed by atoms with E-state index in [0.717, 1.165) is 28.1 Å². The Morgan fingerprint density at radius 2 is 1.69 bits per heavy atom. The maximum Gasteiger partial charge on any atom is 0.244 e. The second-order valence-corrected chi connectivity index (χ2v) is 10.9. The van der Waals surface area contributed by atoms with E-state index in [9.17, 15) is 8.42 Å². The molecule has 1 saturated heterocycles. The molecular formula is C26H28N2O3S. The van der Waals surface area contributed by atoms with Gasteiger partial charge in [0.15, 0.2) is 0 Å². The standard InChI is InChI=1S/C26H28N2O3S/c1-18-10-13-21(14-11-18)32(29,30)28-17-23(19-8-6-5-7-9-19)26(2)22-16-20(31-4)12-15-24(22)27(3)25(26)28/h5-16,23,25H,17H2,1-4H3/t23-,25-,26+/m0/s1. The van der Waals surface area contributed by atoms with E-state index in [2.05, 4.69) is 30.0 Å². The Hall–Kier alpha value is -2.83. The highest BCUT2D eigenvalue weighted by atomic mass is 32.2. The molecule has 3 atom stereocenters. The number of hydrogen-bond donors (Lipinski definition) is 0. The molecule has 1 fully saturated rings. The van der Waals surface area contributed by atoms with Gasteiger partial charge in [-0.25, -0.2) is 8.42 Å². The van der Waals surface area contributed by atoms with Crippen LogP contribution in [0.25, 0.3) is 0 Å². The van der Waals surface area contributed by atoms with Crippen molar-refractivity contribution in [3.63, 3.8) is 0 Å². The van der Waals surface area contributed by atoms with Crippen molar-refractivity contribution < 1.29 is 13.2 Å². The molecule has 0 unspecified atom stereocenters. The number of hydrogen-bond acceptors (Lipinski definition) is 4. The summed E-state index contributed by atoms with van der Waals surface area (Å²) in [5.74, 6) is 0.787. The van der Waals surface area contributed by atoms with Gasteiger partial charge < -0.3 is 9.64 Å². The van der Waals surface area contributed by atoms with Gasteiger partial charge in [-0.05, 0) is 48.4 Å². The molecule has 0 spiro atoms. The summed E-state index contributed by atoms with van der Waals surface area (Å²) in [7, 11) is -0.0379. The summed E-state index contributed by atoms with van der Waals surface area (Å²) in [6.07, 6.45) is -0.332. The number of nitrogens with zero attached hydrogens (tertiary/aromatic N) is 2. The maximum absolute atomic E-state index is 13.9. The maximum atomic E-state index is 13.9. The largest absolute Gasteiger partial charge is 0.497 e. The molecule has 0 aromatic heterocycles. The van der Waals surface area contributed by atoms with Gasteiger partial charge >= 0.3 is 0 Å². The zero-order valence-corrected chi connectivity index (χ0v) is 19.6. The number of fused-ring (bicyclic) bond motifs is 3. The Balaban J connectivity index is 1.70. The van der Waals surface area contributed by atoms with E-state index < -0.39 is 15.4 Å². The monoisotopic (exact) mass is 448 g/mol. The van der Waals surface area contributed by atoms with Crippen LogP contribution in [0, 0.1) is 6.92 Å². The van der Waals surface area contributed by atoms with Gasteiger partial charge in [0.1, 0.15) is 11.9 Å². The first kappa shape index (κ1) is 21.0. The number of methoxy groups -OCH3 is 1. The molecule has 6 heteroatoms. The number of ether oxygens (including phenoxy) is 1. The third kappa shape index (κ3) is 2.90. The highest BCUT2D eigenvalue weighted by molar-refractivity contribution is 7.89. The fourth-order valence-corrected chi connectivity index (χ4v) is 7.32. The molecule has 5 rings (SSSR count). The lowest BCUT2D eigenvalue weighted by atomic mass is 9.71. The lowest BCUT2D eigenvalue weighted by molar-refractivity contribution is 0.323. The van der Waals surface area contributed by atoms with Gasteiger partial charge in [0.05, 0.1) is 12.0 Å². The van der Waals surface area contributed by atoms with Crippen molar-refractivity contribution in [2.75, 3.05) is 25.6 Å². The zero-order valence-electron chi connectivity index (χ0n) is 18.8. The quantitative estimate of drug-likeness (QED) is 0.589. The molecule has 0 N–H and O–H groups in total. The highest BCUT2D eigenvalue weighted by Gasteiger charge is 2.62. The molecule has 3 aromatic rings. The van der Waals surface area contributed by atoms with E-state index >= 15 is 0 Å². The molecule has 2 aliphatic rings. The molecule has 0 bridgehead atoms. The Labute approximate surface area is 190 Å². The van der Waals surface area contributed by atoms with Crippen molar-refractivity contribution in [1.29, 1.82) is 0 Å². The third-order valence-corrected chi connectivity index (χ3v) is 9.09. The minimum absolute atomic E-state index is 0.00438. The molecule has 0 saturated carbocycles. The highest BCUT2D eigenvalue weighted by Crippen LogP contribution is 2.58. The van der Waals surface area contributed by atoms with Crippen LogP contribution in [0.15, 0.2) is 77.7 Å². The van der Waals surface area contributed by atoms with Crippen LogP contribution in [0.1, 0.15) is 29.5 Å². The Bertz CT molecular complexity index is 1260. The fraction of sp³-hybridized carbons (Fsp3) is 0.308. The third-order valence-electron chi connectivity index (χ3n) is 7.26. The van der Waals surface area contributed by atoms with Crippen LogP contribution in [0.2, 0.25) is 0 Å². The lowest BCUT2D eigenvalue weighted by Gasteiger charge is -2.35. The molecule has 2 aliphatic heterocycles. The summed E-state index contributed by atoms with van der Waals surface area (Å²) < 4.78 is 35.0. The summed E-state index contributed by atoms with van der Waals surface area (Å²) in [5, 5.41) is 0. The van der Waals surface area contributed by atoms with Crippen molar-refractivity contribution in [2.45, 2.75) is 36.2 Å². The molecule has 0 amide bonds. The van der Waals surface area contributed by atoms with Crippen LogP contribution in [-0.2, 0) is 15.4 Å². The Morgan fingerprint density at radius 3 is 2.34 bits per heavy atom. The van der Waals surface area contributed by atoms with Crippen LogP contribution < -0.4 is 9.64 Å². The zero-order chi connectivity index (χ0) is 22.7. The Kier molecular flexibility index (Phi) is 4.84. The molecule has 3 aromatic carbocycles. The van der Waals surface area contributed by atoms with E-state index in [1.807, 2.05) is 56.4 Å². The van der Waals surface area contributed by atoms with Crippen LogP contribution in [0.4, 0.5) is 5.69 Å². The van der Waals surface area contributed by atoms with Gasteiger partial charge in [0, 0.05) is 30.6 Å². The van der Waals surface area contributed by atoms with E-state index in [1.165, 1.54) is 0 Å². The van der Waals surface area contributed by atoms with Crippen LogP contribution >= 0.6 is 0 Å². The molecule has 5 nitrogen and oxygen atoms in total. The van der Waals surface area contributed by atoms with Gasteiger partial charge in [-0.3, -0.25) is 0 Å². The van der Waals surface area contributed by atoms with Crippen LogP contribution in [-0.4, -0.2) is 39.6 Å². The first-order chi connectivity index (χ1) is 15.3. The molecule has 166 valence electrons. The molecular weight excluding hydrogens is 420 g/mol. The number of likely N-dealkylation sites (N-methyl/N-ethyl adjacent to an activating group) is 1. The summed E-state index contributed by atoms with van der Waals surface area (Å²) in [4.78, 5) is 2.45. The number of rotatable bonds is 4. The molecule has 0 radical (unpaired) electrons. The predicted octanol–water partition coefficient (Wildman–Crippen LogP) is 4.53. The van der Waals surface area contributed by atoms with Gasteiger partial charge in [-0.1, -0.05) is 55.0 Å². The van der Waals surface area contributed by atoms with E-state index in [0.29, 0.717) is 11.4 Å². The second-order valence-electron chi connectivity index (χ2n) is 9.00. The lowest BCUT2D eigenvalue weighted by Crippen LogP contribution is -2.49. The minimum atomic E-state index is -3.69. The van der Waals surface area contributed by atoms with E-state index in [1.54, 1.807) is 23.5 Å². The van der Waals surface area contributed by atoms with Crippen molar-refractivity contribution >= 4 is 15.7 Å². The fourth-order valence-electron chi connectivity index (χ4n) is 5.60. The number of benzene rings is 3. The van der Waals surface area contributed by atoms with Crippen molar-refractivity contribution in [1.82, 2.24) is 4.31 Å². The summed E-state index contributed by atoms with van der Waals surface area (Å²) in [5.41, 5.74) is 3.92. The molecule has 0 aliphatic carbocycles. The smallest absolute Gasteiger partial charge is 0.244 e. The molecule has 2 heterocycles. The van der Waals surface area contributed by atoms with Gasteiger partial charge in [-0.15, -0.1) is 0 Å². The van der Waals surface area contributed by atoms with Crippen molar-refractivity contribution in [3.8, 4) is 5.75 Å². The van der Waals surface area contributed by atoms with Gasteiger partial charge in [0.2, 0.25) is 10.0 Å². The second kappa shape index (κ2) is 7.36. The summed E-state index contributed by atoms with van der Waals surface area (Å²) in [6, 6.07) is 23.4. The van der Waals surface area contributed by atoms with Crippen molar-refractivity contribution in [3.05, 3.63) is 89.5 Å². The minimum Gasteiger partial charge on any atom is -0.497 e. The Morgan fingerprint density at radius 1 is 1.00 bits per heavy atom. The van der Waals surface area contributed by atoms with E-state index in [4.69, 9.17) is 4.74 Å². The number of sulfonamides is 1. The topological polar surface area (TPSA) is 49.9 Å².